The maximum atomic E-state index is 12.0. The molecular weight excluding hydrogens is 262 g/mol. The lowest BCUT2D eigenvalue weighted by Gasteiger charge is -2.36. The number of hydrogen-bond acceptors (Lipinski definition) is 3. The van der Waals surface area contributed by atoms with Crippen molar-refractivity contribution in [2.75, 3.05) is 7.11 Å². The van der Waals surface area contributed by atoms with Crippen LogP contribution in [0.1, 0.15) is 51.0 Å². The summed E-state index contributed by atoms with van der Waals surface area (Å²) in [5, 5.41) is 3.58. The first-order valence-corrected chi connectivity index (χ1v) is 8.02. The monoisotopic (exact) mass is 289 g/mol. The van der Waals surface area contributed by atoms with Crippen molar-refractivity contribution < 1.29 is 9.53 Å². The van der Waals surface area contributed by atoms with Crippen molar-refractivity contribution >= 4 is 5.97 Å². The van der Waals surface area contributed by atoms with Gasteiger partial charge in [0.2, 0.25) is 0 Å². The molecule has 0 aliphatic heterocycles. The van der Waals surface area contributed by atoms with Gasteiger partial charge in [0.1, 0.15) is 6.04 Å². The number of benzene rings is 1. The highest BCUT2D eigenvalue weighted by Crippen LogP contribution is 2.33. The summed E-state index contributed by atoms with van der Waals surface area (Å²) >= 11 is 0. The molecule has 1 N–H and O–H groups in total. The molecule has 2 rings (SSSR count). The molecule has 1 saturated carbocycles. The van der Waals surface area contributed by atoms with E-state index in [4.69, 9.17) is 4.74 Å². The molecule has 21 heavy (non-hydrogen) atoms. The predicted octanol–water partition coefficient (Wildman–Crippen LogP) is 3.50. The number of carbonyl (C=O) groups excluding carboxylic acids is 1. The topological polar surface area (TPSA) is 38.3 Å². The quantitative estimate of drug-likeness (QED) is 0.843. The third-order valence-corrected chi connectivity index (χ3v) is 4.51. The molecule has 3 heteroatoms. The number of methoxy groups -OCH3 is 1. The SMILES string of the molecule is COC(=O)[C@@H](NC1CCCCC1c1ccccc1)C(C)C. The van der Waals surface area contributed by atoms with E-state index in [-0.39, 0.29) is 17.9 Å². The summed E-state index contributed by atoms with van der Waals surface area (Å²) < 4.78 is 4.95. The van der Waals surface area contributed by atoms with Crippen LogP contribution >= 0.6 is 0 Å². The molecule has 116 valence electrons. The first-order chi connectivity index (χ1) is 10.1. The fraction of sp³-hybridized carbons (Fsp3) is 0.611. The largest absolute Gasteiger partial charge is 0.468 e. The van der Waals surface area contributed by atoms with Crippen molar-refractivity contribution in [3.8, 4) is 0 Å². The van der Waals surface area contributed by atoms with Gasteiger partial charge in [-0.25, -0.2) is 0 Å². The molecule has 1 aliphatic rings. The molecule has 0 heterocycles. The lowest BCUT2D eigenvalue weighted by Crippen LogP contribution is -2.50. The van der Waals surface area contributed by atoms with Crippen molar-refractivity contribution in [2.24, 2.45) is 5.92 Å². The Kier molecular flexibility index (Phi) is 5.80. The van der Waals surface area contributed by atoms with E-state index < -0.39 is 0 Å². The molecule has 0 aromatic heterocycles. The lowest BCUT2D eigenvalue weighted by molar-refractivity contribution is -0.144. The molecule has 3 nitrogen and oxygen atoms in total. The van der Waals surface area contributed by atoms with Crippen LogP contribution in [0.5, 0.6) is 0 Å². The molecule has 0 saturated heterocycles. The van der Waals surface area contributed by atoms with Crippen LogP contribution in [0.25, 0.3) is 0 Å². The van der Waals surface area contributed by atoms with E-state index in [9.17, 15) is 4.79 Å². The van der Waals surface area contributed by atoms with Crippen LogP contribution in [0.15, 0.2) is 30.3 Å². The lowest BCUT2D eigenvalue weighted by atomic mass is 9.79. The van der Waals surface area contributed by atoms with Crippen molar-refractivity contribution in [3.63, 3.8) is 0 Å². The molecule has 2 unspecified atom stereocenters. The van der Waals surface area contributed by atoms with E-state index in [1.807, 2.05) is 0 Å². The van der Waals surface area contributed by atoms with Crippen LogP contribution in [0.3, 0.4) is 0 Å². The number of carbonyl (C=O) groups is 1. The van der Waals surface area contributed by atoms with Gasteiger partial charge < -0.3 is 10.1 Å². The van der Waals surface area contributed by atoms with E-state index in [1.54, 1.807) is 0 Å². The van der Waals surface area contributed by atoms with Crippen LogP contribution in [0, 0.1) is 5.92 Å². The molecule has 0 amide bonds. The van der Waals surface area contributed by atoms with Crippen molar-refractivity contribution in [2.45, 2.75) is 57.5 Å². The summed E-state index contributed by atoms with van der Waals surface area (Å²) in [7, 11) is 1.47. The van der Waals surface area contributed by atoms with E-state index in [0.29, 0.717) is 12.0 Å². The molecular formula is C18H27NO2. The Bertz CT molecular complexity index is 444. The van der Waals surface area contributed by atoms with Crippen LogP contribution < -0.4 is 5.32 Å². The number of hydrogen-bond donors (Lipinski definition) is 1. The standard InChI is InChI=1S/C18H27NO2/c1-13(2)17(18(20)21-3)19-16-12-8-7-11-15(16)14-9-5-4-6-10-14/h4-6,9-10,13,15-17,19H,7-8,11-12H2,1-3H3/t15?,16?,17-/m0/s1. The fourth-order valence-corrected chi connectivity index (χ4v) is 3.32. The second-order valence-corrected chi connectivity index (χ2v) is 6.32. The second-order valence-electron chi connectivity index (χ2n) is 6.32. The normalized spacial score (nSPS) is 23.8. The van der Waals surface area contributed by atoms with Gasteiger partial charge in [-0.1, -0.05) is 57.0 Å². The average Bonchev–Trinajstić information content (AvgIpc) is 2.52. The minimum absolute atomic E-state index is 0.151. The van der Waals surface area contributed by atoms with Crippen LogP contribution in [0.4, 0.5) is 0 Å². The summed E-state index contributed by atoms with van der Waals surface area (Å²) in [6.45, 7) is 4.13. The second kappa shape index (κ2) is 7.60. The summed E-state index contributed by atoms with van der Waals surface area (Å²) in [4.78, 5) is 12.0. The van der Waals surface area contributed by atoms with E-state index in [1.165, 1.54) is 31.9 Å². The summed E-state index contributed by atoms with van der Waals surface area (Å²) in [6.07, 6.45) is 4.81. The average molecular weight is 289 g/mol. The zero-order valence-electron chi connectivity index (χ0n) is 13.3. The third kappa shape index (κ3) is 4.07. The van der Waals surface area contributed by atoms with Gasteiger partial charge in [-0.15, -0.1) is 0 Å². The van der Waals surface area contributed by atoms with E-state index in [0.717, 1.165) is 6.42 Å². The first-order valence-electron chi connectivity index (χ1n) is 8.02. The molecule has 1 aliphatic carbocycles. The minimum Gasteiger partial charge on any atom is -0.468 e. The van der Waals surface area contributed by atoms with Gasteiger partial charge >= 0.3 is 5.97 Å². The smallest absolute Gasteiger partial charge is 0.323 e. The Morgan fingerprint density at radius 3 is 2.48 bits per heavy atom. The maximum Gasteiger partial charge on any atom is 0.323 e. The fourth-order valence-electron chi connectivity index (χ4n) is 3.32. The number of nitrogens with one attached hydrogen (secondary N) is 1. The number of ether oxygens (including phenoxy) is 1. The van der Waals surface area contributed by atoms with E-state index >= 15 is 0 Å². The van der Waals surface area contributed by atoms with Crippen LogP contribution in [-0.4, -0.2) is 25.2 Å². The zero-order valence-corrected chi connectivity index (χ0v) is 13.3. The van der Waals surface area contributed by atoms with Gasteiger partial charge in [0, 0.05) is 6.04 Å². The number of rotatable bonds is 5. The van der Waals surface area contributed by atoms with Crippen LogP contribution in [-0.2, 0) is 9.53 Å². The van der Waals surface area contributed by atoms with Gasteiger partial charge in [0.25, 0.3) is 0 Å². The number of esters is 1. The van der Waals surface area contributed by atoms with Gasteiger partial charge in [-0.2, -0.15) is 0 Å². The molecule has 1 aromatic carbocycles. The van der Waals surface area contributed by atoms with Crippen LogP contribution in [0.2, 0.25) is 0 Å². The van der Waals surface area contributed by atoms with Gasteiger partial charge in [0.15, 0.2) is 0 Å². The molecule has 0 spiro atoms. The van der Waals surface area contributed by atoms with Crippen molar-refractivity contribution in [3.05, 3.63) is 35.9 Å². The Balaban J connectivity index is 2.13. The van der Waals surface area contributed by atoms with E-state index in [2.05, 4.69) is 49.5 Å². The molecule has 1 aromatic rings. The molecule has 3 atom stereocenters. The van der Waals surface area contributed by atoms with Crippen molar-refractivity contribution in [1.29, 1.82) is 0 Å². The molecule has 1 fully saturated rings. The zero-order chi connectivity index (χ0) is 15.2. The Morgan fingerprint density at radius 2 is 1.86 bits per heavy atom. The predicted molar refractivity (Wildman–Crippen MR) is 85.2 cm³/mol. The highest BCUT2D eigenvalue weighted by molar-refractivity contribution is 5.76. The minimum atomic E-state index is -0.218. The van der Waals surface area contributed by atoms with Gasteiger partial charge in [-0.05, 0) is 30.2 Å². The summed E-state index contributed by atoms with van der Waals surface area (Å²) in [5.41, 5.74) is 1.38. The Morgan fingerprint density at radius 1 is 1.19 bits per heavy atom. The first kappa shape index (κ1) is 16.0. The van der Waals surface area contributed by atoms with Gasteiger partial charge in [-0.3, -0.25) is 4.79 Å². The molecule has 0 bridgehead atoms. The van der Waals surface area contributed by atoms with Crippen molar-refractivity contribution in [1.82, 2.24) is 5.32 Å². The molecule has 0 radical (unpaired) electrons. The summed E-state index contributed by atoms with van der Waals surface area (Å²) in [5.74, 6) is 0.573. The highest BCUT2D eigenvalue weighted by atomic mass is 16.5. The third-order valence-electron chi connectivity index (χ3n) is 4.51. The maximum absolute atomic E-state index is 12.0. The van der Waals surface area contributed by atoms with Gasteiger partial charge in [0.05, 0.1) is 7.11 Å². The Hall–Kier alpha value is -1.35. The Labute approximate surface area is 128 Å². The highest BCUT2D eigenvalue weighted by Gasteiger charge is 2.32. The summed E-state index contributed by atoms with van der Waals surface area (Å²) in [6, 6.07) is 10.8.